The fraction of sp³-hybridized carbons (Fsp3) is 0.567. The summed E-state index contributed by atoms with van der Waals surface area (Å²) in [7, 11) is 0. The van der Waals surface area contributed by atoms with Gasteiger partial charge in [-0.1, -0.05) is 37.1 Å². The average Bonchev–Trinajstić information content (AvgIpc) is 3.08. The molecule has 3 nitrogen and oxygen atoms in total. The van der Waals surface area contributed by atoms with Crippen molar-refractivity contribution < 1.29 is 4.79 Å². The number of amides is 1. The van der Waals surface area contributed by atoms with Crippen LogP contribution in [0.4, 0.5) is 5.69 Å². The number of benzene rings is 2. The highest BCUT2D eigenvalue weighted by Crippen LogP contribution is 2.60. The molecule has 2 aromatic rings. The Bertz CT molecular complexity index is 934. The van der Waals surface area contributed by atoms with Gasteiger partial charge in [-0.05, 0) is 123 Å². The van der Waals surface area contributed by atoms with Crippen LogP contribution in [0.5, 0.6) is 0 Å². The Morgan fingerprint density at radius 2 is 1.36 bits per heavy atom. The molecule has 3 heteroatoms. The molecule has 1 N–H and O–H groups in total. The monoisotopic (exact) mass is 442 g/mol. The van der Waals surface area contributed by atoms with Crippen molar-refractivity contribution in [3.8, 4) is 0 Å². The normalized spacial score (nSPS) is 31.3. The van der Waals surface area contributed by atoms with E-state index in [2.05, 4.69) is 46.6 Å². The Kier molecular flexibility index (Phi) is 5.78. The van der Waals surface area contributed by atoms with Crippen LogP contribution in [0.2, 0.25) is 0 Å². The van der Waals surface area contributed by atoms with Gasteiger partial charge in [0.05, 0.1) is 0 Å². The fourth-order valence-corrected chi connectivity index (χ4v) is 7.89. The minimum atomic E-state index is -0.0149. The summed E-state index contributed by atoms with van der Waals surface area (Å²) < 4.78 is 0. The number of likely N-dealkylation sites (tertiary alicyclic amines) is 1. The van der Waals surface area contributed by atoms with Crippen LogP contribution in [0.25, 0.3) is 0 Å². The molecule has 2 aromatic carbocycles. The average molecular weight is 443 g/mol. The van der Waals surface area contributed by atoms with E-state index < -0.39 is 0 Å². The van der Waals surface area contributed by atoms with Crippen LogP contribution in [-0.4, -0.2) is 23.9 Å². The third kappa shape index (κ3) is 4.49. The molecular weight excluding hydrogens is 404 g/mol. The first kappa shape index (κ1) is 21.4. The summed E-state index contributed by atoms with van der Waals surface area (Å²) >= 11 is 0. The van der Waals surface area contributed by atoms with Crippen LogP contribution in [-0.2, 0) is 12.0 Å². The summed E-state index contributed by atoms with van der Waals surface area (Å²) in [5, 5.41) is 3.12. The molecule has 4 saturated carbocycles. The smallest absolute Gasteiger partial charge is 0.255 e. The maximum absolute atomic E-state index is 12.8. The van der Waals surface area contributed by atoms with Gasteiger partial charge in [0.1, 0.15) is 0 Å². The van der Waals surface area contributed by atoms with E-state index in [-0.39, 0.29) is 5.91 Å². The second kappa shape index (κ2) is 8.91. The highest BCUT2D eigenvalue weighted by molar-refractivity contribution is 6.04. The number of anilines is 1. The molecule has 4 bridgehead atoms. The summed E-state index contributed by atoms with van der Waals surface area (Å²) in [6.45, 7) is 3.39. The first-order chi connectivity index (χ1) is 16.1. The van der Waals surface area contributed by atoms with Crippen LogP contribution < -0.4 is 5.32 Å². The number of carbonyl (C=O) groups excluding carboxylic acids is 1. The van der Waals surface area contributed by atoms with Gasteiger partial charge in [-0.2, -0.15) is 0 Å². The third-order valence-corrected chi connectivity index (χ3v) is 9.11. The molecule has 4 aliphatic carbocycles. The van der Waals surface area contributed by atoms with Gasteiger partial charge >= 0.3 is 0 Å². The lowest BCUT2D eigenvalue weighted by Crippen LogP contribution is -2.48. The Hall–Kier alpha value is -2.13. The summed E-state index contributed by atoms with van der Waals surface area (Å²) in [5.74, 6) is 2.85. The molecule has 7 rings (SSSR count). The van der Waals surface area contributed by atoms with E-state index in [4.69, 9.17) is 0 Å². The van der Waals surface area contributed by atoms with E-state index in [0.29, 0.717) is 5.41 Å². The van der Waals surface area contributed by atoms with Crippen molar-refractivity contribution in [2.75, 3.05) is 18.4 Å². The van der Waals surface area contributed by atoms with Crippen molar-refractivity contribution in [2.45, 2.75) is 76.2 Å². The highest BCUT2D eigenvalue weighted by Gasteiger charge is 2.51. The third-order valence-electron chi connectivity index (χ3n) is 9.11. The molecule has 0 spiro atoms. The Balaban J connectivity index is 1.08. The van der Waals surface area contributed by atoms with Gasteiger partial charge in [-0.25, -0.2) is 0 Å². The van der Waals surface area contributed by atoms with E-state index in [1.54, 1.807) is 0 Å². The number of nitrogens with one attached hydrogen (secondary N) is 1. The van der Waals surface area contributed by atoms with Crippen LogP contribution in [0.3, 0.4) is 0 Å². The number of hydrogen-bond acceptors (Lipinski definition) is 2. The van der Waals surface area contributed by atoms with Gasteiger partial charge in [0.25, 0.3) is 5.91 Å². The maximum atomic E-state index is 12.8. The molecule has 5 aliphatic rings. The molecule has 0 radical (unpaired) electrons. The number of nitrogens with zero attached hydrogens (tertiary/aromatic N) is 1. The van der Waals surface area contributed by atoms with Crippen LogP contribution in [0.1, 0.15) is 85.7 Å². The van der Waals surface area contributed by atoms with Gasteiger partial charge < -0.3 is 5.32 Å². The summed E-state index contributed by atoms with van der Waals surface area (Å²) in [6, 6.07) is 17.0. The van der Waals surface area contributed by atoms with Gasteiger partial charge in [0.15, 0.2) is 0 Å². The first-order valence-corrected chi connectivity index (χ1v) is 13.4. The lowest BCUT2D eigenvalue weighted by Gasteiger charge is -2.57. The zero-order valence-corrected chi connectivity index (χ0v) is 19.9. The number of carbonyl (C=O) groups is 1. The largest absolute Gasteiger partial charge is 0.322 e. The molecule has 1 aliphatic heterocycles. The topological polar surface area (TPSA) is 32.3 Å². The van der Waals surface area contributed by atoms with Crippen LogP contribution >= 0.6 is 0 Å². The lowest BCUT2D eigenvalue weighted by atomic mass is 9.48. The predicted molar refractivity (Wildman–Crippen MR) is 134 cm³/mol. The van der Waals surface area contributed by atoms with Crippen molar-refractivity contribution in [1.82, 2.24) is 4.90 Å². The zero-order valence-electron chi connectivity index (χ0n) is 19.9. The van der Waals surface area contributed by atoms with Gasteiger partial charge in [0, 0.05) is 17.8 Å². The minimum Gasteiger partial charge on any atom is -0.322 e. The van der Waals surface area contributed by atoms with Crippen LogP contribution in [0, 0.1) is 17.8 Å². The predicted octanol–water partition coefficient (Wildman–Crippen LogP) is 6.78. The molecule has 1 heterocycles. The Labute approximate surface area is 199 Å². The second-order valence-corrected chi connectivity index (χ2v) is 11.6. The van der Waals surface area contributed by atoms with Crippen molar-refractivity contribution in [3.63, 3.8) is 0 Å². The van der Waals surface area contributed by atoms with Crippen molar-refractivity contribution >= 4 is 11.6 Å². The number of hydrogen-bond donors (Lipinski definition) is 1. The van der Waals surface area contributed by atoms with Crippen molar-refractivity contribution in [3.05, 3.63) is 65.2 Å². The minimum absolute atomic E-state index is 0.0149. The molecular formula is C30H38N2O. The quantitative estimate of drug-likeness (QED) is 0.553. The molecule has 0 atom stereocenters. The maximum Gasteiger partial charge on any atom is 0.255 e. The van der Waals surface area contributed by atoms with Crippen LogP contribution in [0.15, 0.2) is 48.5 Å². The van der Waals surface area contributed by atoms with E-state index in [0.717, 1.165) is 35.5 Å². The molecule has 174 valence electrons. The molecule has 33 heavy (non-hydrogen) atoms. The summed E-state index contributed by atoms with van der Waals surface area (Å²) in [5.41, 5.74) is 4.87. The zero-order chi connectivity index (χ0) is 22.3. The standard InChI is InChI=1S/C30H38N2O/c33-29(26-7-5-22(6-8-26)21-32-13-3-1-2-4-14-32)31-28-11-9-27(10-12-28)30-18-23-15-24(19-30)17-25(16-23)20-30/h5-12,23-25H,1-4,13-21H2,(H,31,33). The summed E-state index contributed by atoms with van der Waals surface area (Å²) in [6.07, 6.45) is 13.9. The van der Waals surface area contributed by atoms with Crippen molar-refractivity contribution in [2.24, 2.45) is 17.8 Å². The van der Waals surface area contributed by atoms with E-state index in [1.165, 1.54) is 88.4 Å². The Morgan fingerprint density at radius 3 is 1.94 bits per heavy atom. The van der Waals surface area contributed by atoms with Crippen molar-refractivity contribution in [1.29, 1.82) is 0 Å². The van der Waals surface area contributed by atoms with Gasteiger partial charge in [-0.3, -0.25) is 9.69 Å². The van der Waals surface area contributed by atoms with Gasteiger partial charge in [-0.15, -0.1) is 0 Å². The molecule has 1 amide bonds. The molecule has 1 saturated heterocycles. The molecule has 5 fully saturated rings. The van der Waals surface area contributed by atoms with E-state index in [9.17, 15) is 4.79 Å². The first-order valence-electron chi connectivity index (χ1n) is 13.4. The molecule has 0 unspecified atom stereocenters. The SMILES string of the molecule is O=C(Nc1ccc(C23CC4CC(CC(C4)C2)C3)cc1)c1ccc(CN2CCCCCC2)cc1. The second-order valence-electron chi connectivity index (χ2n) is 11.6. The highest BCUT2D eigenvalue weighted by atomic mass is 16.1. The van der Waals surface area contributed by atoms with Gasteiger partial charge in [0.2, 0.25) is 0 Å². The number of rotatable bonds is 5. The Morgan fingerprint density at radius 1 is 0.788 bits per heavy atom. The van der Waals surface area contributed by atoms with E-state index >= 15 is 0 Å². The fourth-order valence-electron chi connectivity index (χ4n) is 7.89. The van der Waals surface area contributed by atoms with E-state index in [1.807, 2.05) is 12.1 Å². The summed E-state index contributed by atoms with van der Waals surface area (Å²) in [4.78, 5) is 15.4. The molecule has 0 aromatic heterocycles. The lowest BCUT2D eigenvalue weighted by molar-refractivity contribution is -0.00518.